The first-order chi connectivity index (χ1) is 8.70. The maximum absolute atomic E-state index is 12.0. The molecule has 1 aromatic carbocycles. The molecule has 18 heavy (non-hydrogen) atoms. The molecule has 0 aliphatic heterocycles. The summed E-state index contributed by atoms with van der Waals surface area (Å²) in [5.74, 6) is -0.277. The van der Waals surface area contributed by atoms with E-state index in [4.69, 9.17) is 5.26 Å². The molecule has 1 N–H and O–H groups in total. The van der Waals surface area contributed by atoms with Gasteiger partial charge in [-0.2, -0.15) is 5.26 Å². The number of nitrogens with one attached hydrogen (secondary N) is 1. The summed E-state index contributed by atoms with van der Waals surface area (Å²) in [5.41, 5.74) is 1.40. The molecule has 1 heterocycles. The number of aromatic nitrogens is 1. The number of hydrogen-bond donors (Lipinski definition) is 1. The Balaban J connectivity index is 2.25. The van der Waals surface area contributed by atoms with Crippen LogP contribution < -0.4 is 5.32 Å². The van der Waals surface area contributed by atoms with Crippen molar-refractivity contribution in [2.45, 2.75) is 0 Å². The first kappa shape index (κ1) is 12.3. The number of pyridine rings is 1. The number of anilines is 1. The molecule has 2 rings (SSSR count). The van der Waals surface area contributed by atoms with Gasteiger partial charge in [-0.3, -0.25) is 4.79 Å². The van der Waals surface area contributed by atoms with Crippen LogP contribution in [0.15, 0.2) is 47.2 Å². The van der Waals surface area contributed by atoms with Gasteiger partial charge >= 0.3 is 0 Å². The normalized spacial score (nSPS) is 9.56. The van der Waals surface area contributed by atoms with Crippen molar-refractivity contribution in [3.8, 4) is 6.07 Å². The Bertz CT molecular complexity index is 634. The number of halogens is 1. The van der Waals surface area contributed by atoms with Gasteiger partial charge in [-0.1, -0.05) is 12.1 Å². The fourth-order valence-corrected chi connectivity index (χ4v) is 1.79. The summed E-state index contributed by atoms with van der Waals surface area (Å²) in [6.07, 6.45) is 1.54. The van der Waals surface area contributed by atoms with Crippen LogP contribution in [0.3, 0.4) is 0 Å². The van der Waals surface area contributed by atoms with Crippen molar-refractivity contribution in [1.29, 1.82) is 5.26 Å². The van der Waals surface area contributed by atoms with Gasteiger partial charge in [0.2, 0.25) is 0 Å². The van der Waals surface area contributed by atoms with Crippen LogP contribution >= 0.6 is 15.9 Å². The minimum Gasteiger partial charge on any atom is -0.321 e. The molecular formula is C13H8BrN3O. The summed E-state index contributed by atoms with van der Waals surface area (Å²) in [4.78, 5) is 15.9. The molecule has 1 aromatic heterocycles. The maximum Gasteiger partial charge on any atom is 0.255 e. The van der Waals surface area contributed by atoms with E-state index >= 15 is 0 Å². The molecule has 0 unspecified atom stereocenters. The zero-order valence-electron chi connectivity index (χ0n) is 9.22. The lowest BCUT2D eigenvalue weighted by atomic mass is 10.2. The van der Waals surface area contributed by atoms with Gasteiger partial charge < -0.3 is 5.32 Å². The van der Waals surface area contributed by atoms with Gasteiger partial charge in [0.1, 0.15) is 10.7 Å². The average Bonchev–Trinajstić information content (AvgIpc) is 2.39. The van der Waals surface area contributed by atoms with Crippen molar-refractivity contribution in [2.75, 3.05) is 5.32 Å². The van der Waals surface area contributed by atoms with Crippen LogP contribution in [0.1, 0.15) is 15.9 Å². The Morgan fingerprint density at radius 3 is 2.83 bits per heavy atom. The Morgan fingerprint density at radius 2 is 2.11 bits per heavy atom. The molecule has 0 spiro atoms. The monoisotopic (exact) mass is 301 g/mol. The van der Waals surface area contributed by atoms with Gasteiger partial charge in [-0.15, -0.1) is 0 Å². The van der Waals surface area contributed by atoms with Crippen molar-refractivity contribution < 1.29 is 4.79 Å². The Labute approximate surface area is 112 Å². The number of carbonyl (C=O) groups excluding carboxylic acids is 1. The molecule has 88 valence electrons. The molecule has 2 aromatic rings. The van der Waals surface area contributed by atoms with Crippen molar-refractivity contribution in [3.63, 3.8) is 0 Å². The van der Waals surface area contributed by atoms with E-state index in [9.17, 15) is 4.79 Å². The van der Waals surface area contributed by atoms with Gasteiger partial charge in [0, 0.05) is 11.8 Å². The number of nitrogens with zero attached hydrogens (tertiary/aromatic N) is 2. The Hall–Kier alpha value is -2.19. The molecular weight excluding hydrogens is 294 g/mol. The van der Waals surface area contributed by atoms with Crippen LogP contribution in [0.25, 0.3) is 0 Å². The summed E-state index contributed by atoms with van der Waals surface area (Å²) in [5, 5.41) is 11.6. The van der Waals surface area contributed by atoms with Gasteiger partial charge in [-0.25, -0.2) is 4.98 Å². The van der Waals surface area contributed by atoms with Crippen molar-refractivity contribution >= 4 is 27.5 Å². The average molecular weight is 302 g/mol. The quantitative estimate of drug-likeness (QED) is 0.867. The van der Waals surface area contributed by atoms with E-state index in [-0.39, 0.29) is 5.91 Å². The topological polar surface area (TPSA) is 65.8 Å². The zero-order chi connectivity index (χ0) is 13.0. The molecule has 4 nitrogen and oxygen atoms in total. The van der Waals surface area contributed by atoms with Crippen LogP contribution in [0.4, 0.5) is 5.69 Å². The summed E-state index contributed by atoms with van der Waals surface area (Å²) in [6.45, 7) is 0. The second-order valence-corrected chi connectivity index (χ2v) is 4.29. The summed E-state index contributed by atoms with van der Waals surface area (Å²) in [7, 11) is 0. The third kappa shape index (κ3) is 2.73. The van der Waals surface area contributed by atoms with Crippen LogP contribution in [-0.4, -0.2) is 10.9 Å². The third-order valence-electron chi connectivity index (χ3n) is 2.28. The van der Waals surface area contributed by atoms with Crippen molar-refractivity contribution in [2.24, 2.45) is 0 Å². The number of rotatable bonds is 2. The van der Waals surface area contributed by atoms with E-state index in [1.807, 2.05) is 6.07 Å². The molecule has 0 fully saturated rings. The largest absolute Gasteiger partial charge is 0.321 e. The Kier molecular flexibility index (Phi) is 3.70. The van der Waals surface area contributed by atoms with E-state index in [1.165, 1.54) is 6.20 Å². The van der Waals surface area contributed by atoms with E-state index in [0.717, 1.165) is 0 Å². The molecule has 0 aliphatic carbocycles. The van der Waals surface area contributed by atoms with E-state index in [2.05, 4.69) is 26.2 Å². The molecule has 0 bridgehead atoms. The summed E-state index contributed by atoms with van der Waals surface area (Å²) < 4.78 is 0.587. The molecule has 0 saturated heterocycles. The minimum atomic E-state index is -0.277. The van der Waals surface area contributed by atoms with Crippen LogP contribution in [0.5, 0.6) is 0 Å². The standard InChI is InChI=1S/C13H8BrN3O/c14-12-7-9(5-6-16-12)13(18)17-11-4-2-1-3-10(11)8-15/h1-7H,(H,17,18). The van der Waals surface area contributed by atoms with Crippen molar-refractivity contribution in [3.05, 3.63) is 58.3 Å². The lowest BCUT2D eigenvalue weighted by molar-refractivity contribution is 0.102. The third-order valence-corrected chi connectivity index (χ3v) is 2.72. The predicted molar refractivity (Wildman–Crippen MR) is 71.0 cm³/mol. The number of hydrogen-bond acceptors (Lipinski definition) is 3. The van der Waals surface area contributed by atoms with Gasteiger partial charge in [0.15, 0.2) is 0 Å². The first-order valence-electron chi connectivity index (χ1n) is 5.13. The molecule has 0 saturated carbocycles. The lowest BCUT2D eigenvalue weighted by Gasteiger charge is -2.06. The smallest absolute Gasteiger partial charge is 0.255 e. The maximum atomic E-state index is 12.0. The van der Waals surface area contributed by atoms with Crippen molar-refractivity contribution in [1.82, 2.24) is 4.98 Å². The SMILES string of the molecule is N#Cc1ccccc1NC(=O)c1ccnc(Br)c1. The fourth-order valence-electron chi connectivity index (χ4n) is 1.43. The Morgan fingerprint density at radius 1 is 1.33 bits per heavy atom. The highest BCUT2D eigenvalue weighted by Gasteiger charge is 2.09. The number of benzene rings is 1. The van der Waals surface area contributed by atoms with Crippen LogP contribution in [-0.2, 0) is 0 Å². The van der Waals surface area contributed by atoms with Crippen LogP contribution in [0, 0.1) is 11.3 Å². The summed E-state index contributed by atoms with van der Waals surface area (Å²) in [6, 6.07) is 12.1. The molecule has 0 atom stereocenters. The van der Waals surface area contributed by atoms with E-state index in [1.54, 1.807) is 36.4 Å². The number of para-hydroxylation sites is 1. The van der Waals surface area contributed by atoms with Gasteiger partial charge in [-0.05, 0) is 40.2 Å². The zero-order valence-corrected chi connectivity index (χ0v) is 10.8. The van der Waals surface area contributed by atoms with E-state index < -0.39 is 0 Å². The fraction of sp³-hybridized carbons (Fsp3) is 0. The molecule has 0 radical (unpaired) electrons. The van der Waals surface area contributed by atoms with Crippen LogP contribution in [0.2, 0.25) is 0 Å². The molecule has 0 aliphatic rings. The number of nitriles is 1. The number of amides is 1. The predicted octanol–water partition coefficient (Wildman–Crippen LogP) is 2.97. The highest BCUT2D eigenvalue weighted by Crippen LogP contribution is 2.15. The number of carbonyl (C=O) groups is 1. The highest BCUT2D eigenvalue weighted by molar-refractivity contribution is 9.10. The van der Waals surface area contributed by atoms with Gasteiger partial charge in [0.25, 0.3) is 5.91 Å². The molecule has 5 heteroatoms. The molecule has 1 amide bonds. The minimum absolute atomic E-state index is 0.277. The second kappa shape index (κ2) is 5.43. The second-order valence-electron chi connectivity index (χ2n) is 3.48. The lowest BCUT2D eigenvalue weighted by Crippen LogP contribution is -2.12. The first-order valence-corrected chi connectivity index (χ1v) is 5.92. The van der Waals surface area contributed by atoms with Gasteiger partial charge in [0.05, 0.1) is 11.3 Å². The highest BCUT2D eigenvalue weighted by atomic mass is 79.9. The van der Waals surface area contributed by atoms with E-state index in [0.29, 0.717) is 21.4 Å². The summed E-state index contributed by atoms with van der Waals surface area (Å²) >= 11 is 3.20.